The molecule has 0 aromatic heterocycles. The number of ether oxygens (including phenoxy) is 2. The van der Waals surface area contributed by atoms with Crippen LogP contribution in [0, 0.1) is 5.82 Å². The SMILES string of the molecule is CCOC(=O)CCCOc1cc(F)c2c(c1)CCCC2=O. The zero-order valence-corrected chi connectivity index (χ0v) is 12.1. The van der Waals surface area contributed by atoms with Gasteiger partial charge >= 0.3 is 5.97 Å². The van der Waals surface area contributed by atoms with Gasteiger partial charge in [-0.25, -0.2) is 4.39 Å². The molecule has 114 valence electrons. The van der Waals surface area contributed by atoms with Crippen LogP contribution in [0.3, 0.4) is 0 Å². The van der Waals surface area contributed by atoms with Crippen molar-refractivity contribution in [3.05, 3.63) is 29.1 Å². The number of benzene rings is 1. The summed E-state index contributed by atoms with van der Waals surface area (Å²) in [7, 11) is 0. The summed E-state index contributed by atoms with van der Waals surface area (Å²) < 4.78 is 24.2. The van der Waals surface area contributed by atoms with Crippen molar-refractivity contribution >= 4 is 11.8 Å². The van der Waals surface area contributed by atoms with E-state index in [4.69, 9.17) is 9.47 Å². The van der Waals surface area contributed by atoms with Crippen LogP contribution < -0.4 is 4.74 Å². The summed E-state index contributed by atoms with van der Waals surface area (Å²) in [6.45, 7) is 2.43. The van der Waals surface area contributed by atoms with Crippen LogP contribution >= 0.6 is 0 Å². The minimum atomic E-state index is -0.516. The summed E-state index contributed by atoms with van der Waals surface area (Å²) in [6.07, 6.45) is 2.63. The van der Waals surface area contributed by atoms with Crippen LogP contribution in [0.5, 0.6) is 5.75 Å². The van der Waals surface area contributed by atoms with E-state index >= 15 is 0 Å². The fourth-order valence-corrected chi connectivity index (χ4v) is 2.43. The van der Waals surface area contributed by atoms with Gasteiger partial charge in [0.25, 0.3) is 0 Å². The van der Waals surface area contributed by atoms with Gasteiger partial charge in [-0.3, -0.25) is 9.59 Å². The van der Waals surface area contributed by atoms with E-state index in [1.165, 1.54) is 6.07 Å². The van der Waals surface area contributed by atoms with Gasteiger partial charge in [0.05, 0.1) is 18.8 Å². The van der Waals surface area contributed by atoms with Crippen LogP contribution in [-0.2, 0) is 16.0 Å². The highest BCUT2D eigenvalue weighted by Gasteiger charge is 2.22. The third-order valence-corrected chi connectivity index (χ3v) is 3.37. The summed E-state index contributed by atoms with van der Waals surface area (Å²) in [5.74, 6) is -0.506. The molecule has 0 bridgehead atoms. The van der Waals surface area contributed by atoms with Crippen LogP contribution in [0.1, 0.15) is 48.5 Å². The molecule has 5 heteroatoms. The molecule has 21 heavy (non-hydrogen) atoms. The predicted octanol–water partition coefficient (Wildman–Crippen LogP) is 3.07. The monoisotopic (exact) mass is 294 g/mol. The lowest BCUT2D eigenvalue weighted by Gasteiger charge is -2.17. The number of Topliss-reactive ketones (excluding diaryl/α,β-unsaturated/α-hetero) is 1. The number of halogens is 1. The van der Waals surface area contributed by atoms with Gasteiger partial charge in [0.15, 0.2) is 5.78 Å². The van der Waals surface area contributed by atoms with Crippen LogP contribution in [-0.4, -0.2) is 25.0 Å². The standard InChI is InChI=1S/C16H19FO4/c1-2-20-15(19)7-4-8-21-12-9-11-5-3-6-14(18)16(11)13(17)10-12/h9-10H,2-8H2,1H3. The summed E-state index contributed by atoms with van der Waals surface area (Å²) >= 11 is 0. The Labute approximate surface area is 123 Å². The van der Waals surface area contributed by atoms with Gasteiger partial charge in [-0.1, -0.05) is 0 Å². The van der Waals surface area contributed by atoms with E-state index in [0.29, 0.717) is 43.8 Å². The van der Waals surface area contributed by atoms with Crippen LogP contribution in [0.25, 0.3) is 0 Å². The number of rotatable bonds is 6. The summed E-state index contributed by atoms with van der Waals surface area (Å²) in [5.41, 5.74) is 0.923. The molecule has 0 spiro atoms. The van der Waals surface area contributed by atoms with Gasteiger partial charge in [-0.15, -0.1) is 0 Å². The van der Waals surface area contributed by atoms with Gasteiger partial charge in [-0.2, -0.15) is 0 Å². The smallest absolute Gasteiger partial charge is 0.305 e. The van der Waals surface area contributed by atoms with Crippen molar-refractivity contribution in [1.29, 1.82) is 0 Å². The first-order valence-corrected chi connectivity index (χ1v) is 7.26. The second kappa shape index (κ2) is 7.20. The molecule has 1 aromatic carbocycles. The molecule has 0 unspecified atom stereocenters. The molecule has 0 atom stereocenters. The maximum Gasteiger partial charge on any atom is 0.305 e. The molecule has 4 nitrogen and oxygen atoms in total. The number of carbonyl (C=O) groups is 2. The van der Waals surface area contributed by atoms with Crippen LogP contribution in [0.4, 0.5) is 4.39 Å². The number of fused-ring (bicyclic) bond motifs is 1. The molecule has 2 rings (SSSR count). The van der Waals surface area contributed by atoms with E-state index in [2.05, 4.69) is 0 Å². The molecule has 0 heterocycles. The molecule has 1 aromatic rings. The van der Waals surface area contributed by atoms with Crippen LogP contribution in [0.15, 0.2) is 12.1 Å². The lowest BCUT2D eigenvalue weighted by molar-refractivity contribution is -0.143. The van der Waals surface area contributed by atoms with E-state index in [1.54, 1.807) is 13.0 Å². The van der Waals surface area contributed by atoms with E-state index in [0.717, 1.165) is 6.42 Å². The molecule has 0 N–H and O–H groups in total. The Morgan fingerprint density at radius 1 is 1.33 bits per heavy atom. The topological polar surface area (TPSA) is 52.6 Å². The highest BCUT2D eigenvalue weighted by atomic mass is 19.1. The minimum Gasteiger partial charge on any atom is -0.493 e. The number of carbonyl (C=O) groups excluding carboxylic acids is 2. The molecule has 1 aliphatic carbocycles. The van der Waals surface area contributed by atoms with Crippen molar-refractivity contribution in [2.75, 3.05) is 13.2 Å². The van der Waals surface area contributed by atoms with Crippen molar-refractivity contribution in [3.63, 3.8) is 0 Å². The summed E-state index contributed by atoms with van der Waals surface area (Å²) in [4.78, 5) is 22.8. The maximum absolute atomic E-state index is 13.9. The van der Waals surface area contributed by atoms with Gasteiger partial charge < -0.3 is 9.47 Å². The largest absolute Gasteiger partial charge is 0.493 e. The van der Waals surface area contributed by atoms with E-state index < -0.39 is 5.82 Å². The van der Waals surface area contributed by atoms with Gasteiger partial charge in [-0.05, 0) is 37.8 Å². The third kappa shape index (κ3) is 4.03. The maximum atomic E-state index is 13.9. The molecule has 1 aliphatic rings. The van der Waals surface area contributed by atoms with Gasteiger partial charge in [0.1, 0.15) is 11.6 Å². The number of hydrogen-bond donors (Lipinski definition) is 0. The Kier molecular flexibility index (Phi) is 5.31. The lowest BCUT2D eigenvalue weighted by atomic mass is 9.90. The van der Waals surface area contributed by atoms with Gasteiger partial charge in [0.2, 0.25) is 0 Å². The van der Waals surface area contributed by atoms with E-state index in [1.807, 2.05) is 0 Å². The highest BCUT2D eigenvalue weighted by molar-refractivity contribution is 5.98. The lowest BCUT2D eigenvalue weighted by Crippen LogP contribution is -2.14. The molecule has 0 amide bonds. The first-order chi connectivity index (χ1) is 10.1. The predicted molar refractivity (Wildman–Crippen MR) is 75.0 cm³/mol. The van der Waals surface area contributed by atoms with Crippen LogP contribution in [0.2, 0.25) is 0 Å². The minimum absolute atomic E-state index is 0.136. The molecular weight excluding hydrogens is 275 g/mol. The van der Waals surface area contributed by atoms with Crippen molar-refractivity contribution in [3.8, 4) is 5.75 Å². The Hall–Kier alpha value is -1.91. The van der Waals surface area contributed by atoms with E-state index in [-0.39, 0.29) is 23.7 Å². The molecule has 0 radical (unpaired) electrons. The zero-order chi connectivity index (χ0) is 15.2. The quantitative estimate of drug-likeness (QED) is 0.597. The first kappa shape index (κ1) is 15.5. The Balaban J connectivity index is 1.91. The van der Waals surface area contributed by atoms with Crippen molar-refractivity contribution in [1.82, 2.24) is 0 Å². The second-order valence-electron chi connectivity index (χ2n) is 4.97. The Bertz CT molecular complexity index is 539. The number of ketones is 1. The second-order valence-corrected chi connectivity index (χ2v) is 4.97. The number of aryl methyl sites for hydroxylation is 1. The third-order valence-electron chi connectivity index (χ3n) is 3.37. The molecular formula is C16H19FO4. The molecule has 0 saturated heterocycles. The molecule has 0 fully saturated rings. The number of esters is 1. The summed E-state index contributed by atoms with van der Waals surface area (Å²) in [5, 5.41) is 0. The van der Waals surface area contributed by atoms with Crippen molar-refractivity contribution < 1.29 is 23.5 Å². The van der Waals surface area contributed by atoms with E-state index in [9.17, 15) is 14.0 Å². The summed E-state index contributed by atoms with van der Waals surface area (Å²) in [6, 6.07) is 2.96. The van der Waals surface area contributed by atoms with Gasteiger partial charge in [0, 0.05) is 18.9 Å². The zero-order valence-electron chi connectivity index (χ0n) is 12.1. The first-order valence-electron chi connectivity index (χ1n) is 7.26. The normalized spacial score (nSPS) is 13.7. The molecule has 0 aliphatic heterocycles. The Morgan fingerprint density at radius 2 is 2.14 bits per heavy atom. The average Bonchev–Trinajstić information content (AvgIpc) is 2.44. The Morgan fingerprint density at radius 3 is 2.90 bits per heavy atom. The fourth-order valence-electron chi connectivity index (χ4n) is 2.43. The number of hydrogen-bond acceptors (Lipinski definition) is 4. The fraction of sp³-hybridized carbons (Fsp3) is 0.500. The van der Waals surface area contributed by atoms with Crippen molar-refractivity contribution in [2.45, 2.75) is 39.0 Å². The molecule has 0 saturated carbocycles. The van der Waals surface area contributed by atoms with Crippen molar-refractivity contribution in [2.24, 2.45) is 0 Å². The average molecular weight is 294 g/mol. The highest BCUT2D eigenvalue weighted by Crippen LogP contribution is 2.28.